The average molecular weight is 299 g/mol. The fourth-order valence-corrected chi connectivity index (χ4v) is 3.87. The van der Waals surface area contributed by atoms with Crippen molar-refractivity contribution in [2.45, 2.75) is 26.8 Å². The number of nitrogens with one attached hydrogen (secondary N) is 1. The highest BCUT2D eigenvalue weighted by Crippen LogP contribution is 2.35. The maximum absolute atomic E-state index is 13.3. The number of thiophene rings is 1. The third-order valence-corrected chi connectivity index (χ3v) is 5.27. The molecule has 3 heteroatoms. The molecular weight excluding hydrogens is 281 g/mol. The number of aryl methyl sites for hydroxylation is 2. The van der Waals surface area contributed by atoms with Gasteiger partial charge in [-0.2, -0.15) is 0 Å². The van der Waals surface area contributed by atoms with Gasteiger partial charge in [-0.05, 0) is 61.5 Å². The van der Waals surface area contributed by atoms with E-state index in [9.17, 15) is 4.39 Å². The summed E-state index contributed by atoms with van der Waals surface area (Å²) in [6, 6.07) is 13.8. The molecule has 3 rings (SSSR count). The van der Waals surface area contributed by atoms with Gasteiger partial charge in [0.2, 0.25) is 0 Å². The van der Waals surface area contributed by atoms with Crippen LogP contribution in [-0.2, 0) is 0 Å². The Morgan fingerprint density at radius 3 is 2.57 bits per heavy atom. The molecule has 0 saturated carbocycles. The van der Waals surface area contributed by atoms with Crippen molar-refractivity contribution < 1.29 is 4.39 Å². The molecular formula is C18H18FNS. The molecule has 0 spiro atoms. The van der Waals surface area contributed by atoms with Gasteiger partial charge in [-0.1, -0.05) is 18.2 Å². The predicted molar refractivity (Wildman–Crippen MR) is 89.7 cm³/mol. The Kier molecular flexibility index (Phi) is 3.68. The van der Waals surface area contributed by atoms with Crippen LogP contribution in [0.5, 0.6) is 0 Å². The molecule has 108 valence electrons. The molecule has 0 bridgehead atoms. The summed E-state index contributed by atoms with van der Waals surface area (Å²) in [4.78, 5) is 1.33. The zero-order valence-corrected chi connectivity index (χ0v) is 13.2. The van der Waals surface area contributed by atoms with Gasteiger partial charge in [-0.3, -0.25) is 0 Å². The predicted octanol–water partition coefficient (Wildman–Crippen LogP) is 5.83. The quantitative estimate of drug-likeness (QED) is 0.641. The van der Waals surface area contributed by atoms with Gasteiger partial charge in [-0.15, -0.1) is 11.3 Å². The fourth-order valence-electron chi connectivity index (χ4n) is 2.66. The second-order valence-electron chi connectivity index (χ2n) is 5.42. The number of anilines is 1. The molecule has 0 amide bonds. The Morgan fingerprint density at radius 2 is 1.86 bits per heavy atom. The van der Waals surface area contributed by atoms with Crippen molar-refractivity contribution in [3.63, 3.8) is 0 Å². The molecule has 1 nitrogen and oxygen atoms in total. The fraction of sp³-hybridized carbons (Fsp3) is 0.222. The summed E-state index contributed by atoms with van der Waals surface area (Å²) in [5.41, 5.74) is 2.95. The molecule has 1 atom stereocenters. The van der Waals surface area contributed by atoms with Crippen molar-refractivity contribution >= 4 is 27.1 Å². The van der Waals surface area contributed by atoms with E-state index in [1.807, 2.05) is 17.4 Å². The molecule has 0 aliphatic heterocycles. The van der Waals surface area contributed by atoms with Gasteiger partial charge in [0.05, 0.1) is 6.04 Å². The van der Waals surface area contributed by atoms with Gasteiger partial charge in [0.1, 0.15) is 5.82 Å². The normalized spacial score (nSPS) is 12.6. The molecule has 1 heterocycles. The van der Waals surface area contributed by atoms with Crippen LogP contribution in [0.2, 0.25) is 0 Å². The monoisotopic (exact) mass is 299 g/mol. The SMILES string of the molecule is Cc1cc(NC(C)c2sc3ccccc3c2C)ccc1F. The molecule has 1 unspecified atom stereocenters. The van der Waals surface area contributed by atoms with E-state index in [0.29, 0.717) is 5.56 Å². The Balaban J connectivity index is 1.91. The van der Waals surface area contributed by atoms with Crippen molar-refractivity contribution in [3.8, 4) is 0 Å². The van der Waals surface area contributed by atoms with Gasteiger partial charge in [0.15, 0.2) is 0 Å². The number of rotatable bonds is 3. The minimum absolute atomic E-state index is 0.161. The van der Waals surface area contributed by atoms with Crippen molar-refractivity contribution in [2.24, 2.45) is 0 Å². The second-order valence-corrected chi connectivity index (χ2v) is 6.50. The first kappa shape index (κ1) is 14.1. The second kappa shape index (κ2) is 5.49. The first-order chi connectivity index (χ1) is 10.1. The number of benzene rings is 2. The smallest absolute Gasteiger partial charge is 0.126 e. The minimum atomic E-state index is -0.161. The van der Waals surface area contributed by atoms with Gasteiger partial charge < -0.3 is 5.32 Å². The van der Waals surface area contributed by atoms with Crippen LogP contribution < -0.4 is 5.32 Å². The van der Waals surface area contributed by atoms with E-state index in [0.717, 1.165) is 5.69 Å². The molecule has 0 fully saturated rings. The minimum Gasteiger partial charge on any atom is -0.378 e. The first-order valence-corrected chi connectivity index (χ1v) is 7.88. The zero-order chi connectivity index (χ0) is 15.0. The Hall–Kier alpha value is -1.87. The highest BCUT2D eigenvalue weighted by molar-refractivity contribution is 7.19. The van der Waals surface area contributed by atoms with Crippen molar-refractivity contribution in [1.29, 1.82) is 0 Å². The molecule has 0 saturated heterocycles. The summed E-state index contributed by atoms with van der Waals surface area (Å²) in [7, 11) is 0. The summed E-state index contributed by atoms with van der Waals surface area (Å²) in [6.07, 6.45) is 0. The number of halogens is 1. The third-order valence-electron chi connectivity index (χ3n) is 3.81. The van der Waals surface area contributed by atoms with Gasteiger partial charge in [0.25, 0.3) is 0 Å². The Bertz CT molecular complexity index is 791. The van der Waals surface area contributed by atoms with Crippen molar-refractivity contribution in [2.75, 3.05) is 5.32 Å². The maximum atomic E-state index is 13.3. The molecule has 21 heavy (non-hydrogen) atoms. The van der Waals surface area contributed by atoms with E-state index in [4.69, 9.17) is 0 Å². The van der Waals surface area contributed by atoms with Crippen LogP contribution in [0.15, 0.2) is 42.5 Å². The number of hydrogen-bond acceptors (Lipinski definition) is 2. The van der Waals surface area contributed by atoms with Crippen LogP contribution in [0.4, 0.5) is 10.1 Å². The summed E-state index contributed by atoms with van der Waals surface area (Å²) in [5, 5.41) is 4.79. The van der Waals surface area contributed by atoms with Crippen molar-refractivity contribution in [3.05, 3.63) is 64.3 Å². The molecule has 2 aromatic carbocycles. The molecule has 3 aromatic rings. The average Bonchev–Trinajstić information content (AvgIpc) is 2.81. The number of fused-ring (bicyclic) bond motifs is 1. The Morgan fingerprint density at radius 1 is 1.10 bits per heavy atom. The summed E-state index contributed by atoms with van der Waals surface area (Å²) in [5.74, 6) is -0.161. The van der Waals surface area contributed by atoms with Gasteiger partial charge in [0, 0.05) is 15.3 Å². The molecule has 1 aromatic heterocycles. The number of hydrogen-bond donors (Lipinski definition) is 1. The van der Waals surface area contributed by atoms with Gasteiger partial charge in [-0.25, -0.2) is 4.39 Å². The lowest BCUT2D eigenvalue weighted by Crippen LogP contribution is -2.06. The van der Waals surface area contributed by atoms with E-state index in [2.05, 4.69) is 43.4 Å². The molecule has 0 aliphatic carbocycles. The van der Waals surface area contributed by atoms with E-state index in [1.165, 1.54) is 26.6 Å². The molecule has 0 radical (unpaired) electrons. The standard InChI is InChI=1S/C18H18FNS/c1-11-10-14(8-9-16(11)19)20-13(3)18-12(2)15-6-4-5-7-17(15)21-18/h4-10,13,20H,1-3H3. The highest BCUT2D eigenvalue weighted by Gasteiger charge is 2.14. The summed E-state index contributed by atoms with van der Waals surface area (Å²) < 4.78 is 14.7. The van der Waals surface area contributed by atoms with E-state index in [1.54, 1.807) is 13.0 Å². The van der Waals surface area contributed by atoms with Crippen LogP contribution in [0.1, 0.15) is 29.0 Å². The van der Waals surface area contributed by atoms with Crippen LogP contribution in [0.3, 0.4) is 0 Å². The largest absolute Gasteiger partial charge is 0.378 e. The van der Waals surface area contributed by atoms with Crippen LogP contribution >= 0.6 is 11.3 Å². The van der Waals surface area contributed by atoms with E-state index in [-0.39, 0.29) is 11.9 Å². The lowest BCUT2D eigenvalue weighted by Gasteiger charge is -2.15. The summed E-state index contributed by atoms with van der Waals surface area (Å²) in [6.45, 7) is 6.11. The zero-order valence-electron chi connectivity index (χ0n) is 12.4. The van der Waals surface area contributed by atoms with Crippen LogP contribution in [0.25, 0.3) is 10.1 Å². The van der Waals surface area contributed by atoms with Crippen LogP contribution in [0, 0.1) is 19.7 Å². The third kappa shape index (κ3) is 2.66. The highest BCUT2D eigenvalue weighted by atomic mass is 32.1. The van der Waals surface area contributed by atoms with Crippen molar-refractivity contribution in [1.82, 2.24) is 0 Å². The first-order valence-electron chi connectivity index (χ1n) is 7.07. The lowest BCUT2D eigenvalue weighted by atomic mass is 10.1. The summed E-state index contributed by atoms with van der Waals surface area (Å²) >= 11 is 1.82. The van der Waals surface area contributed by atoms with E-state index >= 15 is 0 Å². The lowest BCUT2D eigenvalue weighted by molar-refractivity contribution is 0.618. The maximum Gasteiger partial charge on any atom is 0.126 e. The topological polar surface area (TPSA) is 12.0 Å². The van der Waals surface area contributed by atoms with Crippen LogP contribution in [-0.4, -0.2) is 0 Å². The molecule has 0 aliphatic rings. The molecule has 1 N–H and O–H groups in total. The van der Waals surface area contributed by atoms with Gasteiger partial charge >= 0.3 is 0 Å². The van der Waals surface area contributed by atoms with E-state index < -0.39 is 0 Å². The Labute approximate surface area is 128 Å².